The number of benzene rings is 1. The fourth-order valence-corrected chi connectivity index (χ4v) is 5.93. The summed E-state index contributed by atoms with van der Waals surface area (Å²) in [4.78, 5) is 27.1. The van der Waals surface area contributed by atoms with Crippen LogP contribution in [-0.2, 0) is 9.59 Å². The van der Waals surface area contributed by atoms with Crippen molar-refractivity contribution in [1.29, 1.82) is 0 Å². The van der Waals surface area contributed by atoms with Gasteiger partial charge in [0.25, 0.3) is 0 Å². The highest BCUT2D eigenvalue weighted by Gasteiger charge is 2.42. The van der Waals surface area contributed by atoms with E-state index in [1.54, 1.807) is 4.80 Å². The molecule has 10 heteroatoms. The van der Waals surface area contributed by atoms with Gasteiger partial charge in [0, 0.05) is 18.7 Å². The number of hydrogen-bond donors (Lipinski definition) is 3. The van der Waals surface area contributed by atoms with Crippen molar-refractivity contribution in [3.05, 3.63) is 30.3 Å². The Labute approximate surface area is 192 Å². The van der Waals surface area contributed by atoms with Gasteiger partial charge in [-0.25, -0.2) is 0 Å². The highest BCUT2D eigenvalue weighted by molar-refractivity contribution is 5.74. The van der Waals surface area contributed by atoms with Crippen LogP contribution in [0.2, 0.25) is 0 Å². The van der Waals surface area contributed by atoms with Crippen molar-refractivity contribution in [3.63, 3.8) is 0 Å². The number of piperidine rings is 1. The van der Waals surface area contributed by atoms with Crippen LogP contribution in [0.15, 0.2) is 30.3 Å². The average Bonchev–Trinajstić information content (AvgIpc) is 3.47. The van der Waals surface area contributed by atoms with Crippen LogP contribution in [0.3, 0.4) is 0 Å². The Kier molecular flexibility index (Phi) is 6.11. The van der Waals surface area contributed by atoms with E-state index in [2.05, 4.69) is 25.6 Å². The second kappa shape index (κ2) is 9.18. The number of fused-ring (bicyclic) bond motifs is 1. The van der Waals surface area contributed by atoms with Crippen molar-refractivity contribution in [2.45, 2.75) is 50.2 Å². The molecule has 33 heavy (non-hydrogen) atoms. The van der Waals surface area contributed by atoms with E-state index in [-0.39, 0.29) is 6.04 Å². The molecule has 5 rings (SSSR count). The van der Waals surface area contributed by atoms with Gasteiger partial charge in [0.05, 0.1) is 6.04 Å². The Balaban J connectivity index is 1.24. The quantitative estimate of drug-likeness (QED) is 0.594. The number of nitrogens with zero attached hydrogens (tertiary/aromatic N) is 5. The van der Waals surface area contributed by atoms with Crippen LogP contribution in [0.5, 0.6) is 0 Å². The first kappa shape index (κ1) is 22.0. The summed E-state index contributed by atoms with van der Waals surface area (Å²) < 4.78 is 0. The molecule has 10 nitrogen and oxygen atoms in total. The van der Waals surface area contributed by atoms with Crippen molar-refractivity contribution in [3.8, 4) is 11.4 Å². The molecule has 3 aliphatic rings. The van der Waals surface area contributed by atoms with E-state index >= 15 is 0 Å². The first-order valence-electron chi connectivity index (χ1n) is 11.8. The fraction of sp³-hybridized carbons (Fsp3) is 0.609. The Bertz CT molecular complexity index is 998. The molecule has 1 aromatic carbocycles. The number of nitrogens with one attached hydrogen (secondary N) is 1. The van der Waals surface area contributed by atoms with Crippen LogP contribution in [0, 0.1) is 17.8 Å². The Morgan fingerprint density at radius 3 is 2.61 bits per heavy atom. The SMILES string of the molecule is O=C(O)C1CC2CC(CN3C[C@@H](n4nnc(-c5ccccc5)n4)C[C@H]3C(=O)O)CC[C@H]2CN1. The molecule has 2 aromatic rings. The Hall–Kier alpha value is -2.85. The number of carbonyl (C=O) groups is 2. The van der Waals surface area contributed by atoms with Crippen LogP contribution in [0.25, 0.3) is 11.4 Å². The van der Waals surface area contributed by atoms with Crippen molar-refractivity contribution in [1.82, 2.24) is 30.4 Å². The third kappa shape index (κ3) is 4.63. The topological polar surface area (TPSA) is 133 Å². The van der Waals surface area contributed by atoms with Crippen LogP contribution in [0.1, 0.15) is 38.1 Å². The lowest BCUT2D eigenvalue weighted by Crippen LogP contribution is -2.50. The monoisotopic (exact) mass is 454 g/mol. The zero-order valence-electron chi connectivity index (χ0n) is 18.5. The summed E-state index contributed by atoms with van der Waals surface area (Å²) in [5, 5.41) is 35.3. The van der Waals surface area contributed by atoms with E-state index in [1.165, 1.54) is 0 Å². The van der Waals surface area contributed by atoms with Gasteiger partial charge in [-0.3, -0.25) is 14.5 Å². The standard InChI is InChI=1S/C23H30N6O4/c30-22(31)19-9-17-8-14(6-7-16(17)11-24-19)12-28-13-18(10-20(28)23(32)33)29-26-21(25-27-29)15-4-2-1-3-5-15/h1-5,14,16-20,24H,6-13H2,(H,30,31)(H,32,33)/t14?,16-,17?,18-,19?,20-/m0/s1. The van der Waals surface area contributed by atoms with Gasteiger partial charge >= 0.3 is 11.9 Å². The van der Waals surface area contributed by atoms with Gasteiger partial charge in [0.2, 0.25) is 5.82 Å². The number of aromatic nitrogens is 4. The van der Waals surface area contributed by atoms with Gasteiger partial charge < -0.3 is 15.5 Å². The number of tetrazole rings is 1. The third-order valence-corrected chi connectivity index (χ3v) is 7.66. The number of rotatable bonds is 6. The first-order chi connectivity index (χ1) is 16.0. The maximum atomic E-state index is 12.0. The van der Waals surface area contributed by atoms with Gasteiger partial charge in [-0.2, -0.15) is 4.80 Å². The maximum Gasteiger partial charge on any atom is 0.321 e. The minimum Gasteiger partial charge on any atom is -0.480 e. The predicted octanol–water partition coefficient (Wildman–Crippen LogP) is 1.52. The summed E-state index contributed by atoms with van der Waals surface area (Å²) in [5.74, 6) is 0.231. The predicted molar refractivity (Wildman–Crippen MR) is 118 cm³/mol. The summed E-state index contributed by atoms with van der Waals surface area (Å²) in [6.07, 6.45) is 4.18. The van der Waals surface area contributed by atoms with E-state index < -0.39 is 24.0 Å². The van der Waals surface area contributed by atoms with Crippen molar-refractivity contribution >= 4 is 11.9 Å². The molecular formula is C23H30N6O4. The fourth-order valence-electron chi connectivity index (χ4n) is 5.93. The first-order valence-corrected chi connectivity index (χ1v) is 11.8. The molecular weight excluding hydrogens is 424 g/mol. The molecule has 3 N–H and O–H groups in total. The molecule has 6 atom stereocenters. The molecule has 2 aliphatic heterocycles. The molecule has 176 valence electrons. The summed E-state index contributed by atoms with van der Waals surface area (Å²) in [7, 11) is 0. The number of hydrogen-bond acceptors (Lipinski definition) is 7. The smallest absolute Gasteiger partial charge is 0.321 e. The van der Waals surface area contributed by atoms with E-state index in [4.69, 9.17) is 0 Å². The highest BCUT2D eigenvalue weighted by atomic mass is 16.4. The number of carboxylic acid groups (broad SMARTS) is 2. The molecule has 1 aromatic heterocycles. The molecule has 3 unspecified atom stereocenters. The zero-order chi connectivity index (χ0) is 22.9. The number of likely N-dealkylation sites (tertiary alicyclic amines) is 1. The summed E-state index contributed by atoms with van der Waals surface area (Å²) in [6, 6.07) is 8.45. The minimum atomic E-state index is -0.817. The van der Waals surface area contributed by atoms with Crippen molar-refractivity contribution < 1.29 is 19.8 Å². The van der Waals surface area contributed by atoms with Gasteiger partial charge in [-0.1, -0.05) is 30.3 Å². The zero-order valence-corrected chi connectivity index (χ0v) is 18.5. The molecule has 3 fully saturated rings. The lowest BCUT2D eigenvalue weighted by atomic mass is 9.69. The lowest BCUT2D eigenvalue weighted by Gasteiger charge is -2.42. The Morgan fingerprint density at radius 1 is 1.03 bits per heavy atom. The van der Waals surface area contributed by atoms with Gasteiger partial charge in [0.15, 0.2) is 0 Å². The normalized spacial score (nSPS) is 32.4. The largest absolute Gasteiger partial charge is 0.480 e. The average molecular weight is 455 g/mol. The van der Waals surface area contributed by atoms with Gasteiger partial charge in [0.1, 0.15) is 12.1 Å². The molecule has 1 aliphatic carbocycles. The minimum absolute atomic E-state index is 0.136. The molecule has 0 bridgehead atoms. The molecule has 0 radical (unpaired) electrons. The van der Waals surface area contributed by atoms with E-state index in [1.807, 2.05) is 30.3 Å². The maximum absolute atomic E-state index is 12.0. The van der Waals surface area contributed by atoms with Crippen molar-refractivity contribution in [2.75, 3.05) is 19.6 Å². The Morgan fingerprint density at radius 2 is 1.85 bits per heavy atom. The summed E-state index contributed by atoms with van der Waals surface area (Å²) >= 11 is 0. The molecule has 0 amide bonds. The van der Waals surface area contributed by atoms with Crippen molar-refractivity contribution in [2.24, 2.45) is 17.8 Å². The third-order valence-electron chi connectivity index (χ3n) is 7.66. The number of aliphatic carboxylic acids is 2. The van der Waals surface area contributed by atoms with E-state index in [0.29, 0.717) is 49.5 Å². The van der Waals surface area contributed by atoms with E-state index in [0.717, 1.165) is 31.4 Å². The van der Waals surface area contributed by atoms with Crippen LogP contribution < -0.4 is 5.32 Å². The second-order valence-corrected chi connectivity index (χ2v) is 9.73. The molecule has 1 saturated carbocycles. The summed E-state index contributed by atoms with van der Waals surface area (Å²) in [6.45, 7) is 2.05. The summed E-state index contributed by atoms with van der Waals surface area (Å²) in [5.41, 5.74) is 0.881. The van der Waals surface area contributed by atoms with Crippen LogP contribution in [-0.4, -0.2) is 79.0 Å². The van der Waals surface area contributed by atoms with E-state index in [9.17, 15) is 19.8 Å². The van der Waals surface area contributed by atoms with Gasteiger partial charge in [-0.15, -0.1) is 10.2 Å². The highest BCUT2D eigenvalue weighted by Crippen LogP contribution is 2.40. The molecule has 0 spiro atoms. The van der Waals surface area contributed by atoms with Crippen LogP contribution in [0.4, 0.5) is 0 Å². The van der Waals surface area contributed by atoms with Gasteiger partial charge in [-0.05, 0) is 61.6 Å². The number of carboxylic acids is 2. The lowest BCUT2D eigenvalue weighted by molar-refractivity contribution is -0.143. The second-order valence-electron chi connectivity index (χ2n) is 9.73. The molecule has 2 saturated heterocycles. The van der Waals surface area contributed by atoms with Crippen LogP contribution >= 0.6 is 0 Å². The molecule has 3 heterocycles.